The zero-order valence-electron chi connectivity index (χ0n) is 15.5. The third-order valence-electron chi connectivity index (χ3n) is 5.28. The van der Waals surface area contributed by atoms with Gasteiger partial charge in [0, 0.05) is 19.3 Å². The largest absolute Gasteiger partial charge is 0.345 e. The van der Waals surface area contributed by atoms with E-state index in [1.54, 1.807) is 19.3 Å². The summed E-state index contributed by atoms with van der Waals surface area (Å²) in [7, 11) is 1.64. The lowest BCUT2D eigenvalue weighted by atomic mass is 10.0. The van der Waals surface area contributed by atoms with Crippen molar-refractivity contribution in [2.75, 3.05) is 0 Å². The average Bonchev–Trinajstić information content (AvgIpc) is 3.30. The van der Waals surface area contributed by atoms with Crippen molar-refractivity contribution in [3.8, 4) is 0 Å². The van der Waals surface area contributed by atoms with Crippen LogP contribution in [0.1, 0.15) is 59.0 Å². The van der Waals surface area contributed by atoms with E-state index in [9.17, 15) is 9.59 Å². The van der Waals surface area contributed by atoms with Gasteiger partial charge in [-0.15, -0.1) is 0 Å². The summed E-state index contributed by atoms with van der Waals surface area (Å²) >= 11 is 0. The SMILES string of the molecule is CCC1NC(c2ccc3c(c2)CC[C@H]3NC(=O)c2ccc(=O)n(C)c2)NO1. The number of nitrogens with one attached hydrogen (secondary N) is 3. The third-order valence-corrected chi connectivity index (χ3v) is 5.28. The van der Waals surface area contributed by atoms with Crippen LogP contribution in [0.25, 0.3) is 0 Å². The number of carbonyl (C=O) groups is 1. The topological polar surface area (TPSA) is 84.4 Å². The Morgan fingerprint density at radius 2 is 2.19 bits per heavy atom. The number of nitrogens with zero attached hydrogens (tertiary/aromatic N) is 1. The fourth-order valence-corrected chi connectivity index (χ4v) is 3.71. The first-order chi connectivity index (χ1) is 13.0. The van der Waals surface area contributed by atoms with Gasteiger partial charge < -0.3 is 9.88 Å². The molecule has 4 rings (SSSR count). The molecule has 2 aliphatic rings. The van der Waals surface area contributed by atoms with Crippen molar-refractivity contribution in [2.45, 2.75) is 44.6 Å². The van der Waals surface area contributed by atoms with Crippen LogP contribution in [0, 0.1) is 0 Å². The Balaban J connectivity index is 1.48. The van der Waals surface area contributed by atoms with Crippen molar-refractivity contribution in [3.05, 3.63) is 69.1 Å². The molecule has 2 aromatic rings. The lowest BCUT2D eigenvalue weighted by molar-refractivity contribution is 0.0207. The Morgan fingerprint density at radius 3 is 2.93 bits per heavy atom. The summed E-state index contributed by atoms with van der Waals surface area (Å²) in [5.41, 5.74) is 6.93. The number of carbonyl (C=O) groups excluding carboxylic acids is 1. The van der Waals surface area contributed by atoms with Crippen molar-refractivity contribution < 1.29 is 9.63 Å². The number of hydrogen-bond donors (Lipinski definition) is 3. The molecule has 7 nitrogen and oxygen atoms in total. The van der Waals surface area contributed by atoms with E-state index in [1.807, 2.05) is 0 Å². The molecule has 1 fully saturated rings. The summed E-state index contributed by atoms with van der Waals surface area (Å²) in [5, 5.41) is 6.48. The summed E-state index contributed by atoms with van der Waals surface area (Å²) in [6.07, 6.45) is 4.27. The molecule has 1 amide bonds. The molecule has 27 heavy (non-hydrogen) atoms. The van der Waals surface area contributed by atoms with Gasteiger partial charge in [-0.1, -0.05) is 25.1 Å². The van der Waals surface area contributed by atoms with E-state index in [1.165, 1.54) is 16.2 Å². The molecule has 3 N–H and O–H groups in total. The summed E-state index contributed by atoms with van der Waals surface area (Å²) in [6.45, 7) is 2.07. The molecule has 0 saturated carbocycles. The Morgan fingerprint density at radius 1 is 1.33 bits per heavy atom. The van der Waals surface area contributed by atoms with Crippen LogP contribution in [0.4, 0.5) is 0 Å². The van der Waals surface area contributed by atoms with Crippen LogP contribution in [-0.4, -0.2) is 16.7 Å². The van der Waals surface area contributed by atoms with Gasteiger partial charge in [0.1, 0.15) is 12.4 Å². The Kier molecular flexibility index (Phi) is 4.82. The molecule has 0 spiro atoms. The molecule has 1 aliphatic heterocycles. The molecular formula is C20H24N4O3. The number of aromatic nitrogens is 1. The van der Waals surface area contributed by atoms with Crippen LogP contribution in [0.5, 0.6) is 0 Å². The third kappa shape index (κ3) is 3.53. The number of fused-ring (bicyclic) bond motifs is 1. The molecular weight excluding hydrogens is 344 g/mol. The van der Waals surface area contributed by atoms with Crippen LogP contribution in [0.2, 0.25) is 0 Å². The summed E-state index contributed by atoms with van der Waals surface area (Å²) in [5.74, 6) is -0.161. The van der Waals surface area contributed by atoms with Gasteiger partial charge in [0.15, 0.2) is 0 Å². The summed E-state index contributed by atoms with van der Waals surface area (Å²) < 4.78 is 1.41. The van der Waals surface area contributed by atoms with Crippen molar-refractivity contribution >= 4 is 5.91 Å². The van der Waals surface area contributed by atoms with Crippen molar-refractivity contribution in [1.82, 2.24) is 20.7 Å². The van der Waals surface area contributed by atoms with E-state index >= 15 is 0 Å². The van der Waals surface area contributed by atoms with Gasteiger partial charge >= 0.3 is 0 Å². The standard InChI is InChI=1S/C20H24N4O3/c1-3-17-22-19(23-27-17)13-4-7-15-12(10-13)5-8-16(15)21-20(26)14-6-9-18(25)24(2)11-14/h4,6-7,9-11,16-17,19,22-23H,3,5,8H2,1-2H3,(H,21,26)/t16-,17?,19?/m1/s1. The minimum Gasteiger partial charge on any atom is -0.345 e. The van der Waals surface area contributed by atoms with Gasteiger partial charge in [-0.25, -0.2) is 0 Å². The second-order valence-electron chi connectivity index (χ2n) is 7.12. The highest BCUT2D eigenvalue weighted by atomic mass is 16.7. The first kappa shape index (κ1) is 17.9. The van der Waals surface area contributed by atoms with E-state index in [2.05, 4.69) is 41.2 Å². The fourth-order valence-electron chi connectivity index (χ4n) is 3.71. The van der Waals surface area contributed by atoms with Gasteiger partial charge in [-0.05, 0) is 42.0 Å². The van der Waals surface area contributed by atoms with E-state index in [0.29, 0.717) is 5.56 Å². The maximum atomic E-state index is 12.6. The Bertz CT molecular complexity index is 924. The first-order valence-electron chi connectivity index (χ1n) is 9.32. The number of aryl methyl sites for hydroxylation is 2. The maximum absolute atomic E-state index is 12.6. The fraction of sp³-hybridized carbons (Fsp3) is 0.400. The molecule has 7 heteroatoms. The molecule has 2 heterocycles. The van der Waals surface area contributed by atoms with Crippen LogP contribution < -0.4 is 21.7 Å². The van der Waals surface area contributed by atoms with Crippen LogP contribution in [0.3, 0.4) is 0 Å². The predicted octanol–water partition coefficient (Wildman–Crippen LogP) is 1.66. The molecule has 1 aromatic heterocycles. The van der Waals surface area contributed by atoms with Crippen molar-refractivity contribution in [1.29, 1.82) is 0 Å². The van der Waals surface area contributed by atoms with Gasteiger partial charge in [0.25, 0.3) is 5.91 Å². The number of amides is 1. The van der Waals surface area contributed by atoms with Crippen LogP contribution in [0.15, 0.2) is 41.3 Å². The monoisotopic (exact) mass is 368 g/mol. The number of pyridine rings is 1. The van der Waals surface area contributed by atoms with Crippen molar-refractivity contribution in [2.24, 2.45) is 7.05 Å². The van der Waals surface area contributed by atoms with E-state index < -0.39 is 0 Å². The van der Waals surface area contributed by atoms with Gasteiger partial charge in [0.2, 0.25) is 5.56 Å². The highest BCUT2D eigenvalue weighted by molar-refractivity contribution is 5.94. The molecule has 0 bridgehead atoms. The minimum absolute atomic E-state index is 0.0112. The van der Waals surface area contributed by atoms with Gasteiger partial charge in [-0.3, -0.25) is 19.7 Å². The molecule has 2 unspecified atom stereocenters. The van der Waals surface area contributed by atoms with E-state index in [4.69, 9.17) is 4.84 Å². The smallest absolute Gasteiger partial charge is 0.253 e. The minimum atomic E-state index is -0.161. The number of benzene rings is 1. The summed E-state index contributed by atoms with van der Waals surface area (Å²) in [4.78, 5) is 29.5. The first-order valence-corrected chi connectivity index (χ1v) is 9.32. The van der Waals surface area contributed by atoms with E-state index in [-0.39, 0.29) is 29.9 Å². The predicted molar refractivity (Wildman–Crippen MR) is 101 cm³/mol. The maximum Gasteiger partial charge on any atom is 0.253 e. The van der Waals surface area contributed by atoms with Crippen LogP contribution >= 0.6 is 0 Å². The lowest BCUT2D eigenvalue weighted by Crippen LogP contribution is -2.29. The second kappa shape index (κ2) is 7.26. The second-order valence-corrected chi connectivity index (χ2v) is 7.12. The van der Waals surface area contributed by atoms with Crippen molar-refractivity contribution in [3.63, 3.8) is 0 Å². The Hall–Kier alpha value is -2.48. The molecule has 142 valence electrons. The van der Waals surface area contributed by atoms with Crippen LogP contribution in [-0.2, 0) is 18.3 Å². The lowest BCUT2D eigenvalue weighted by Gasteiger charge is -2.16. The van der Waals surface area contributed by atoms with Gasteiger partial charge in [-0.2, -0.15) is 5.48 Å². The zero-order chi connectivity index (χ0) is 19.0. The number of hydrogen-bond acceptors (Lipinski definition) is 5. The van der Waals surface area contributed by atoms with Gasteiger partial charge in [0.05, 0.1) is 11.6 Å². The molecule has 1 aliphatic carbocycles. The molecule has 1 saturated heterocycles. The molecule has 0 radical (unpaired) electrons. The highest BCUT2D eigenvalue weighted by Gasteiger charge is 2.28. The number of rotatable bonds is 4. The Labute approximate surface area is 157 Å². The normalized spacial score (nSPS) is 24.0. The molecule has 1 aromatic carbocycles. The highest BCUT2D eigenvalue weighted by Crippen LogP contribution is 2.33. The van der Waals surface area contributed by atoms with E-state index in [0.717, 1.165) is 30.4 Å². The number of hydroxylamine groups is 1. The quantitative estimate of drug-likeness (QED) is 0.764. The summed E-state index contributed by atoms with van der Waals surface area (Å²) in [6, 6.07) is 9.31. The molecule has 3 atom stereocenters. The zero-order valence-corrected chi connectivity index (χ0v) is 15.5. The average molecular weight is 368 g/mol.